The molecule has 0 radical (unpaired) electrons. The number of nitrogens with one attached hydrogen (secondary N) is 3. The quantitative estimate of drug-likeness (QED) is 0.617. The van der Waals surface area contributed by atoms with Crippen LogP contribution in [0.3, 0.4) is 0 Å². The maximum absolute atomic E-state index is 12.9. The Labute approximate surface area is 171 Å². The van der Waals surface area contributed by atoms with Crippen molar-refractivity contribution in [2.24, 2.45) is 0 Å². The molecule has 1 heterocycles. The predicted octanol–water partition coefficient (Wildman–Crippen LogP) is 0.510. The summed E-state index contributed by atoms with van der Waals surface area (Å²) in [5.74, 6) is -0.142. The van der Waals surface area contributed by atoms with Crippen LogP contribution < -0.4 is 15.1 Å². The molecule has 2 aromatic rings. The van der Waals surface area contributed by atoms with Crippen molar-refractivity contribution in [1.82, 2.24) is 5.32 Å². The highest BCUT2D eigenvalue weighted by Gasteiger charge is 2.30. The molecule has 1 fully saturated rings. The summed E-state index contributed by atoms with van der Waals surface area (Å²) in [7, 11) is 0. The second kappa shape index (κ2) is 10.0. The van der Waals surface area contributed by atoms with Crippen LogP contribution in [-0.2, 0) is 17.8 Å². The lowest BCUT2D eigenvalue weighted by molar-refractivity contribution is -1.02. The maximum atomic E-state index is 12.9. The van der Waals surface area contributed by atoms with E-state index in [1.807, 2.05) is 25.1 Å². The number of rotatable bonds is 7. The van der Waals surface area contributed by atoms with E-state index in [0.717, 1.165) is 43.3 Å². The molecule has 150 valence electrons. The fourth-order valence-electron chi connectivity index (χ4n) is 3.79. The van der Waals surface area contributed by atoms with Gasteiger partial charge < -0.3 is 15.1 Å². The second-order valence-corrected chi connectivity index (χ2v) is 8.04. The van der Waals surface area contributed by atoms with Crippen LogP contribution in [0.1, 0.15) is 18.1 Å². The summed E-state index contributed by atoms with van der Waals surface area (Å²) < 4.78 is 12.9. The van der Waals surface area contributed by atoms with E-state index in [9.17, 15) is 9.18 Å². The van der Waals surface area contributed by atoms with E-state index < -0.39 is 0 Å². The highest BCUT2D eigenvalue weighted by Crippen LogP contribution is 2.09. The number of halogens is 2. The minimum Gasteiger partial charge on any atom is -0.351 e. The summed E-state index contributed by atoms with van der Waals surface area (Å²) in [4.78, 5) is 15.4. The van der Waals surface area contributed by atoms with Crippen LogP contribution >= 0.6 is 11.6 Å². The minimum atomic E-state index is -0.235. The third kappa shape index (κ3) is 6.03. The van der Waals surface area contributed by atoms with Crippen molar-refractivity contribution in [1.29, 1.82) is 0 Å². The van der Waals surface area contributed by atoms with Gasteiger partial charge in [0.2, 0.25) is 0 Å². The number of carbonyl (C=O) groups excluding carboxylic acids is 1. The highest BCUT2D eigenvalue weighted by molar-refractivity contribution is 6.30. The first kappa shape index (κ1) is 20.8. The van der Waals surface area contributed by atoms with Crippen molar-refractivity contribution in [2.75, 3.05) is 32.7 Å². The van der Waals surface area contributed by atoms with Crippen molar-refractivity contribution in [2.45, 2.75) is 25.9 Å². The van der Waals surface area contributed by atoms with Gasteiger partial charge in [0.25, 0.3) is 5.91 Å². The van der Waals surface area contributed by atoms with Gasteiger partial charge in [-0.1, -0.05) is 35.9 Å². The van der Waals surface area contributed by atoms with Crippen LogP contribution in [0.2, 0.25) is 5.02 Å². The van der Waals surface area contributed by atoms with E-state index in [1.165, 1.54) is 27.5 Å². The highest BCUT2D eigenvalue weighted by atomic mass is 35.5. The maximum Gasteiger partial charge on any atom is 0.278 e. The van der Waals surface area contributed by atoms with E-state index in [0.29, 0.717) is 13.0 Å². The summed E-state index contributed by atoms with van der Waals surface area (Å²) in [6.07, 6.45) is 0.714. The van der Waals surface area contributed by atoms with Crippen LogP contribution in [0.5, 0.6) is 0 Å². The molecule has 0 spiro atoms. The number of amides is 1. The molecule has 1 atom stereocenters. The molecular formula is C22H29ClFN3O+2. The molecule has 0 aromatic heterocycles. The Balaban J connectivity index is 1.39. The van der Waals surface area contributed by atoms with Crippen LogP contribution in [0.4, 0.5) is 4.39 Å². The fourth-order valence-corrected chi connectivity index (χ4v) is 4.00. The van der Waals surface area contributed by atoms with E-state index in [2.05, 4.69) is 11.4 Å². The monoisotopic (exact) mass is 405 g/mol. The Bertz CT molecular complexity index is 776. The molecular weight excluding hydrogens is 377 g/mol. The Morgan fingerprint density at radius 3 is 2.50 bits per heavy atom. The number of piperazine rings is 1. The normalized spacial score (nSPS) is 20.5. The average molecular weight is 406 g/mol. The molecule has 0 saturated carbocycles. The van der Waals surface area contributed by atoms with Gasteiger partial charge in [0.1, 0.15) is 38.5 Å². The first-order valence-electron chi connectivity index (χ1n) is 9.96. The fraction of sp³-hybridized carbons (Fsp3) is 0.409. The molecule has 3 N–H and O–H groups in total. The van der Waals surface area contributed by atoms with Gasteiger partial charge in [-0.15, -0.1) is 0 Å². The number of hydrogen-bond acceptors (Lipinski definition) is 1. The topological polar surface area (TPSA) is 38.0 Å². The second-order valence-electron chi connectivity index (χ2n) is 7.60. The number of benzene rings is 2. The summed E-state index contributed by atoms with van der Waals surface area (Å²) in [5, 5.41) is 3.81. The Kier molecular flexibility index (Phi) is 7.43. The third-order valence-corrected chi connectivity index (χ3v) is 5.81. The van der Waals surface area contributed by atoms with E-state index in [4.69, 9.17) is 11.6 Å². The molecule has 1 aliphatic heterocycles. The van der Waals surface area contributed by atoms with Crippen molar-refractivity contribution in [3.05, 3.63) is 70.5 Å². The van der Waals surface area contributed by atoms with Gasteiger partial charge in [0, 0.05) is 17.1 Å². The van der Waals surface area contributed by atoms with Crippen molar-refractivity contribution >= 4 is 17.5 Å². The zero-order chi connectivity index (χ0) is 19.9. The first-order valence-corrected chi connectivity index (χ1v) is 10.3. The molecule has 4 nitrogen and oxygen atoms in total. The summed E-state index contributed by atoms with van der Waals surface area (Å²) in [6.45, 7) is 7.64. The lowest BCUT2D eigenvalue weighted by Crippen LogP contribution is -3.29. The van der Waals surface area contributed by atoms with Crippen LogP contribution in [0.25, 0.3) is 0 Å². The van der Waals surface area contributed by atoms with Gasteiger partial charge in [-0.05, 0) is 43.2 Å². The molecule has 6 heteroatoms. The zero-order valence-corrected chi connectivity index (χ0v) is 17.1. The molecule has 1 amide bonds. The van der Waals surface area contributed by atoms with Gasteiger partial charge >= 0.3 is 0 Å². The molecule has 0 bridgehead atoms. The Morgan fingerprint density at radius 1 is 1.11 bits per heavy atom. The van der Waals surface area contributed by atoms with Crippen LogP contribution in [0.15, 0.2) is 48.5 Å². The zero-order valence-electron chi connectivity index (χ0n) is 16.3. The Morgan fingerprint density at radius 2 is 1.82 bits per heavy atom. The van der Waals surface area contributed by atoms with Gasteiger partial charge in [-0.2, -0.15) is 0 Å². The van der Waals surface area contributed by atoms with Crippen molar-refractivity contribution < 1.29 is 19.0 Å². The average Bonchev–Trinajstić information content (AvgIpc) is 2.69. The largest absolute Gasteiger partial charge is 0.351 e. The summed E-state index contributed by atoms with van der Waals surface area (Å²) in [6, 6.07) is 14.4. The van der Waals surface area contributed by atoms with E-state index in [1.54, 1.807) is 12.1 Å². The lowest BCUT2D eigenvalue weighted by Gasteiger charge is -2.32. The molecule has 1 saturated heterocycles. The molecule has 0 unspecified atom stereocenters. The van der Waals surface area contributed by atoms with Gasteiger partial charge in [-0.25, -0.2) is 4.39 Å². The third-order valence-electron chi connectivity index (χ3n) is 5.57. The lowest BCUT2D eigenvalue weighted by atomic mass is 10.1. The SMILES string of the molecule is C[C@@H](C(=O)NCCc1ccc(F)cc1)[NH+]1CC[NH+](Cc2cccc(Cl)c2)CC1. The number of quaternary nitrogens is 2. The van der Waals surface area contributed by atoms with E-state index in [-0.39, 0.29) is 17.8 Å². The standard InChI is InChI=1S/C22H27ClFN3O/c1-17(22(28)25-10-9-18-5-7-21(24)8-6-18)27-13-11-26(12-14-27)16-19-3-2-4-20(23)15-19/h2-8,15,17H,9-14,16H2,1H3,(H,25,28)/p+2/t17-/m0/s1. The van der Waals surface area contributed by atoms with Crippen LogP contribution in [0, 0.1) is 5.82 Å². The van der Waals surface area contributed by atoms with Crippen molar-refractivity contribution in [3.63, 3.8) is 0 Å². The first-order chi connectivity index (χ1) is 13.5. The van der Waals surface area contributed by atoms with Gasteiger partial charge in [-0.3, -0.25) is 4.79 Å². The molecule has 1 aliphatic rings. The van der Waals surface area contributed by atoms with Gasteiger partial charge in [0.15, 0.2) is 6.04 Å². The molecule has 28 heavy (non-hydrogen) atoms. The number of carbonyl (C=O) groups is 1. The summed E-state index contributed by atoms with van der Waals surface area (Å²) in [5.41, 5.74) is 2.29. The Hall–Kier alpha value is -1.95. The van der Waals surface area contributed by atoms with Crippen LogP contribution in [-0.4, -0.2) is 44.7 Å². The smallest absolute Gasteiger partial charge is 0.278 e. The molecule has 2 aromatic carbocycles. The predicted molar refractivity (Wildman–Crippen MR) is 109 cm³/mol. The van der Waals surface area contributed by atoms with Crippen molar-refractivity contribution in [3.8, 4) is 0 Å². The minimum absolute atomic E-state index is 0.0547. The number of hydrogen-bond donors (Lipinski definition) is 3. The molecule has 3 rings (SSSR count). The molecule has 0 aliphatic carbocycles. The van der Waals surface area contributed by atoms with Gasteiger partial charge in [0.05, 0.1) is 0 Å². The summed E-state index contributed by atoms with van der Waals surface area (Å²) >= 11 is 6.08. The van der Waals surface area contributed by atoms with E-state index >= 15 is 0 Å².